The van der Waals surface area contributed by atoms with Crippen LogP contribution in [0.25, 0.3) is 0 Å². The van der Waals surface area contributed by atoms with Gasteiger partial charge in [0.15, 0.2) is 6.61 Å². The average molecular weight is 449 g/mol. The number of hydrazone groups is 1. The maximum Gasteiger partial charge on any atom is 0.277 e. The summed E-state index contributed by atoms with van der Waals surface area (Å²) >= 11 is 3.48. The van der Waals surface area contributed by atoms with Gasteiger partial charge in [0.25, 0.3) is 5.91 Å². The van der Waals surface area contributed by atoms with Crippen LogP contribution < -0.4 is 19.6 Å². The van der Waals surface area contributed by atoms with E-state index in [0.29, 0.717) is 28.9 Å². The highest BCUT2D eigenvalue weighted by Crippen LogP contribution is 2.29. The van der Waals surface area contributed by atoms with Crippen molar-refractivity contribution in [3.63, 3.8) is 0 Å². The zero-order valence-electron chi connectivity index (χ0n) is 16.7. The highest BCUT2D eigenvalue weighted by Gasteiger charge is 2.10. The molecule has 2 aromatic rings. The first-order valence-corrected chi connectivity index (χ1v) is 9.62. The molecule has 0 spiro atoms. The third-order valence-corrected chi connectivity index (χ3v) is 4.75. The molecule has 0 heterocycles. The first-order chi connectivity index (χ1) is 13.3. The second-order valence-corrected chi connectivity index (χ2v) is 7.29. The van der Waals surface area contributed by atoms with Crippen molar-refractivity contribution in [1.82, 2.24) is 5.43 Å². The third kappa shape index (κ3) is 5.73. The van der Waals surface area contributed by atoms with Crippen LogP contribution in [0.2, 0.25) is 0 Å². The van der Waals surface area contributed by atoms with Gasteiger partial charge in [0.05, 0.1) is 24.4 Å². The lowest BCUT2D eigenvalue weighted by molar-refractivity contribution is -0.123. The fourth-order valence-electron chi connectivity index (χ4n) is 2.47. The van der Waals surface area contributed by atoms with E-state index in [-0.39, 0.29) is 12.5 Å². The summed E-state index contributed by atoms with van der Waals surface area (Å²) in [5, 5.41) is 4.14. The molecule has 0 fully saturated rings. The number of methoxy groups -OCH3 is 2. The first-order valence-electron chi connectivity index (χ1n) is 8.83. The molecule has 0 saturated heterocycles. The molecule has 0 radical (unpaired) electrons. The molecule has 150 valence electrons. The maximum absolute atomic E-state index is 12.1. The normalized spacial score (nSPS) is 11.3. The smallest absolute Gasteiger partial charge is 0.277 e. The van der Waals surface area contributed by atoms with E-state index in [1.807, 2.05) is 24.3 Å². The van der Waals surface area contributed by atoms with Crippen molar-refractivity contribution in [2.75, 3.05) is 20.8 Å². The second-order valence-electron chi connectivity index (χ2n) is 6.43. The number of halogens is 1. The Kier molecular flexibility index (Phi) is 7.87. The SMILES string of the molecule is COc1ccc(/C(C)=N/NC(=O)COc2ccc(C(C)C)cc2Br)c(OC)c1. The molecule has 2 rings (SSSR count). The van der Waals surface area contributed by atoms with E-state index < -0.39 is 0 Å². The molecule has 0 aliphatic heterocycles. The number of ether oxygens (including phenoxy) is 3. The van der Waals surface area contributed by atoms with Gasteiger partial charge in [-0.2, -0.15) is 5.10 Å². The van der Waals surface area contributed by atoms with Crippen LogP contribution in [0.4, 0.5) is 0 Å². The summed E-state index contributed by atoms with van der Waals surface area (Å²) in [4.78, 5) is 12.1. The number of nitrogens with one attached hydrogen (secondary N) is 1. The van der Waals surface area contributed by atoms with Gasteiger partial charge in [-0.05, 0) is 58.6 Å². The molecule has 0 aliphatic rings. The molecule has 1 amide bonds. The fraction of sp³-hybridized carbons (Fsp3) is 0.333. The van der Waals surface area contributed by atoms with Crippen molar-refractivity contribution in [2.45, 2.75) is 26.7 Å². The summed E-state index contributed by atoms with van der Waals surface area (Å²) < 4.78 is 16.9. The van der Waals surface area contributed by atoms with Crippen LogP contribution >= 0.6 is 15.9 Å². The molecule has 0 aromatic heterocycles. The van der Waals surface area contributed by atoms with Crippen LogP contribution in [-0.4, -0.2) is 32.4 Å². The minimum atomic E-state index is -0.355. The third-order valence-electron chi connectivity index (χ3n) is 4.13. The summed E-state index contributed by atoms with van der Waals surface area (Å²) in [6, 6.07) is 11.2. The number of benzene rings is 2. The van der Waals surface area contributed by atoms with Crippen LogP contribution in [-0.2, 0) is 4.79 Å². The van der Waals surface area contributed by atoms with Gasteiger partial charge in [-0.15, -0.1) is 0 Å². The Bertz CT molecular complexity index is 865. The zero-order chi connectivity index (χ0) is 20.7. The Labute approximate surface area is 174 Å². The van der Waals surface area contributed by atoms with Gasteiger partial charge in [-0.1, -0.05) is 19.9 Å². The monoisotopic (exact) mass is 448 g/mol. The predicted molar refractivity (Wildman–Crippen MR) is 114 cm³/mol. The molecule has 0 atom stereocenters. The molecule has 0 aliphatic carbocycles. The van der Waals surface area contributed by atoms with Gasteiger partial charge in [0, 0.05) is 11.6 Å². The molecular weight excluding hydrogens is 424 g/mol. The number of carbonyl (C=O) groups is 1. The van der Waals surface area contributed by atoms with Crippen LogP contribution in [0.1, 0.15) is 37.8 Å². The van der Waals surface area contributed by atoms with Crippen molar-refractivity contribution < 1.29 is 19.0 Å². The molecule has 1 N–H and O–H groups in total. The van der Waals surface area contributed by atoms with E-state index in [1.54, 1.807) is 33.3 Å². The number of rotatable bonds is 8. The Morgan fingerprint density at radius 2 is 1.86 bits per heavy atom. The molecule has 0 unspecified atom stereocenters. The quantitative estimate of drug-likeness (QED) is 0.476. The van der Waals surface area contributed by atoms with E-state index in [0.717, 1.165) is 10.0 Å². The summed E-state index contributed by atoms with van der Waals surface area (Å²) in [5.41, 5.74) is 5.06. The lowest BCUT2D eigenvalue weighted by atomic mass is 10.0. The Morgan fingerprint density at radius 1 is 1.11 bits per heavy atom. The summed E-state index contributed by atoms with van der Waals surface area (Å²) in [5.74, 6) is 1.96. The topological polar surface area (TPSA) is 69.2 Å². The largest absolute Gasteiger partial charge is 0.497 e. The van der Waals surface area contributed by atoms with Crippen LogP contribution in [0.3, 0.4) is 0 Å². The Hall–Kier alpha value is -2.54. The van der Waals surface area contributed by atoms with Crippen molar-refractivity contribution in [3.8, 4) is 17.2 Å². The van der Waals surface area contributed by atoms with E-state index in [1.165, 1.54) is 5.56 Å². The van der Waals surface area contributed by atoms with Crippen molar-refractivity contribution in [2.24, 2.45) is 5.10 Å². The molecule has 6 nitrogen and oxygen atoms in total. The van der Waals surface area contributed by atoms with Gasteiger partial charge in [-0.3, -0.25) is 4.79 Å². The molecular formula is C21H25BrN2O4. The van der Waals surface area contributed by atoms with Crippen LogP contribution in [0, 0.1) is 0 Å². The van der Waals surface area contributed by atoms with Gasteiger partial charge < -0.3 is 14.2 Å². The van der Waals surface area contributed by atoms with Gasteiger partial charge in [-0.25, -0.2) is 5.43 Å². The zero-order valence-corrected chi connectivity index (χ0v) is 18.3. The Balaban J connectivity index is 1.98. The second kappa shape index (κ2) is 10.1. The van der Waals surface area contributed by atoms with E-state index in [9.17, 15) is 4.79 Å². The standard InChI is InChI=1S/C21H25BrN2O4/c1-13(2)15-6-9-19(18(22)10-15)28-12-21(25)24-23-14(3)17-8-7-16(26-4)11-20(17)27-5/h6-11,13H,12H2,1-5H3,(H,24,25)/b23-14+. The van der Waals surface area contributed by atoms with Gasteiger partial charge in [0.1, 0.15) is 17.2 Å². The number of amides is 1. The number of carbonyl (C=O) groups excluding carboxylic acids is 1. The lowest BCUT2D eigenvalue weighted by Crippen LogP contribution is -2.25. The van der Waals surface area contributed by atoms with Crippen LogP contribution in [0.15, 0.2) is 46.0 Å². The first kappa shape index (κ1) is 21.8. The highest BCUT2D eigenvalue weighted by atomic mass is 79.9. The predicted octanol–water partition coefficient (Wildman–Crippen LogP) is 4.51. The molecule has 0 bridgehead atoms. The molecule has 2 aromatic carbocycles. The minimum absolute atomic E-state index is 0.143. The maximum atomic E-state index is 12.1. The summed E-state index contributed by atoms with van der Waals surface area (Å²) in [6.07, 6.45) is 0. The van der Waals surface area contributed by atoms with Crippen LogP contribution in [0.5, 0.6) is 17.2 Å². The van der Waals surface area contributed by atoms with Gasteiger partial charge in [0.2, 0.25) is 0 Å². The number of hydrogen-bond donors (Lipinski definition) is 1. The van der Waals surface area contributed by atoms with E-state index in [2.05, 4.69) is 40.3 Å². The average Bonchev–Trinajstić information content (AvgIpc) is 2.70. The molecule has 28 heavy (non-hydrogen) atoms. The fourth-order valence-corrected chi connectivity index (χ4v) is 2.98. The van der Waals surface area contributed by atoms with E-state index in [4.69, 9.17) is 14.2 Å². The van der Waals surface area contributed by atoms with Gasteiger partial charge >= 0.3 is 0 Å². The summed E-state index contributed by atoms with van der Waals surface area (Å²) in [7, 11) is 3.16. The number of nitrogens with zero attached hydrogens (tertiary/aromatic N) is 1. The number of hydrogen-bond acceptors (Lipinski definition) is 5. The summed E-state index contributed by atoms with van der Waals surface area (Å²) in [6.45, 7) is 5.88. The molecule has 7 heteroatoms. The van der Waals surface area contributed by atoms with Crippen molar-refractivity contribution in [1.29, 1.82) is 0 Å². The minimum Gasteiger partial charge on any atom is -0.497 e. The van der Waals surface area contributed by atoms with Crippen molar-refractivity contribution >= 4 is 27.5 Å². The Morgan fingerprint density at radius 3 is 2.46 bits per heavy atom. The van der Waals surface area contributed by atoms with E-state index >= 15 is 0 Å². The van der Waals surface area contributed by atoms with Crippen molar-refractivity contribution in [3.05, 3.63) is 52.0 Å². The lowest BCUT2D eigenvalue weighted by Gasteiger charge is -2.12. The highest BCUT2D eigenvalue weighted by molar-refractivity contribution is 9.10. The molecule has 0 saturated carbocycles.